The van der Waals surface area contributed by atoms with Gasteiger partial charge in [-0.15, -0.1) is 0 Å². The molecule has 0 bridgehead atoms. The molecule has 0 saturated carbocycles. The number of hydrogen-bond donors (Lipinski definition) is 1. The monoisotopic (exact) mass is 381 g/mol. The largest absolute Gasteiger partial charge is 0.465 e. The minimum atomic E-state index is -0.196. The van der Waals surface area contributed by atoms with E-state index in [0.29, 0.717) is 36.6 Å². The molecule has 0 aliphatic carbocycles. The van der Waals surface area contributed by atoms with Crippen LogP contribution in [0.25, 0.3) is 11.2 Å². The average Bonchev–Trinajstić information content (AvgIpc) is 3.14. The molecule has 3 aromatic rings. The van der Waals surface area contributed by atoms with Gasteiger partial charge in [0, 0.05) is 26.3 Å². The number of piperidine rings is 1. The van der Waals surface area contributed by atoms with Gasteiger partial charge < -0.3 is 14.6 Å². The van der Waals surface area contributed by atoms with Crippen LogP contribution in [-0.4, -0.2) is 33.5 Å². The van der Waals surface area contributed by atoms with Gasteiger partial charge in [0.1, 0.15) is 17.0 Å². The maximum absolute atomic E-state index is 12.8. The lowest BCUT2D eigenvalue weighted by Crippen LogP contribution is -2.45. The molecule has 0 radical (unpaired) electrons. The van der Waals surface area contributed by atoms with E-state index in [1.54, 1.807) is 19.3 Å². The smallest absolute Gasteiger partial charge is 0.294 e. The number of carbonyl (C=O) groups excluding carboxylic acids is 1. The van der Waals surface area contributed by atoms with Gasteiger partial charge in [-0.1, -0.05) is 0 Å². The summed E-state index contributed by atoms with van der Waals surface area (Å²) in [7, 11) is 1.70. The number of amides is 1. The number of nitrogens with zero attached hydrogens (tertiary/aromatic N) is 4. The Balaban J connectivity index is 1.50. The Hall–Kier alpha value is -3.16. The third kappa shape index (κ3) is 3.49. The van der Waals surface area contributed by atoms with E-state index < -0.39 is 0 Å². The number of aromatic nitrogens is 3. The van der Waals surface area contributed by atoms with Gasteiger partial charge in [0.25, 0.3) is 5.56 Å². The fraction of sp³-hybridized carbons (Fsp3) is 0.400. The first-order chi connectivity index (χ1) is 13.5. The van der Waals surface area contributed by atoms with E-state index in [1.165, 1.54) is 4.57 Å². The van der Waals surface area contributed by atoms with Crippen molar-refractivity contribution in [2.24, 2.45) is 13.0 Å². The Bertz CT molecular complexity index is 1070. The number of pyridine rings is 1. The minimum Gasteiger partial charge on any atom is -0.465 e. The van der Waals surface area contributed by atoms with Gasteiger partial charge in [0.15, 0.2) is 11.5 Å². The molecule has 8 nitrogen and oxygen atoms in total. The minimum absolute atomic E-state index is 0.0296. The maximum Gasteiger partial charge on any atom is 0.294 e. The van der Waals surface area contributed by atoms with Crippen molar-refractivity contribution in [3.05, 3.63) is 52.3 Å². The summed E-state index contributed by atoms with van der Waals surface area (Å²) in [6, 6.07) is 7.37. The first-order valence-corrected chi connectivity index (χ1v) is 9.42. The molecular weight excluding hydrogens is 358 g/mol. The van der Waals surface area contributed by atoms with Crippen LogP contribution in [0.5, 0.6) is 0 Å². The first-order valence-electron chi connectivity index (χ1n) is 9.42. The lowest BCUT2D eigenvalue weighted by molar-refractivity contribution is -0.125. The zero-order valence-corrected chi connectivity index (χ0v) is 16.0. The molecule has 1 atom stereocenters. The highest BCUT2D eigenvalue weighted by Gasteiger charge is 2.28. The summed E-state index contributed by atoms with van der Waals surface area (Å²) in [6.07, 6.45) is 3.26. The molecular formula is C20H23N5O3. The van der Waals surface area contributed by atoms with E-state index in [9.17, 15) is 9.59 Å². The summed E-state index contributed by atoms with van der Waals surface area (Å²) in [4.78, 5) is 36.1. The Morgan fingerprint density at radius 1 is 1.36 bits per heavy atom. The summed E-state index contributed by atoms with van der Waals surface area (Å²) < 4.78 is 7.01. The number of nitrogens with one attached hydrogen (secondary N) is 1. The SMILES string of the molecule is Cc1ccc(CNC(=O)C2CCCN(c3nc4cccnc4n(C)c3=O)C2)o1. The van der Waals surface area contributed by atoms with E-state index >= 15 is 0 Å². The first kappa shape index (κ1) is 18.2. The highest BCUT2D eigenvalue weighted by molar-refractivity contribution is 5.79. The molecule has 28 heavy (non-hydrogen) atoms. The Morgan fingerprint density at radius 3 is 3.00 bits per heavy atom. The van der Waals surface area contributed by atoms with Gasteiger partial charge in [0.2, 0.25) is 5.91 Å². The number of anilines is 1. The Morgan fingerprint density at radius 2 is 2.21 bits per heavy atom. The molecule has 8 heteroatoms. The second-order valence-corrected chi connectivity index (χ2v) is 7.16. The van der Waals surface area contributed by atoms with E-state index in [4.69, 9.17) is 4.42 Å². The number of aryl methyl sites for hydroxylation is 2. The van der Waals surface area contributed by atoms with Gasteiger partial charge >= 0.3 is 0 Å². The molecule has 1 aliphatic heterocycles. The number of furan rings is 1. The fourth-order valence-corrected chi connectivity index (χ4v) is 3.63. The number of rotatable bonds is 4. The molecule has 1 saturated heterocycles. The summed E-state index contributed by atoms with van der Waals surface area (Å²) in [5.41, 5.74) is 1.02. The van der Waals surface area contributed by atoms with Crippen molar-refractivity contribution in [2.45, 2.75) is 26.3 Å². The van der Waals surface area contributed by atoms with E-state index in [-0.39, 0.29) is 17.4 Å². The van der Waals surface area contributed by atoms with Crippen molar-refractivity contribution in [1.82, 2.24) is 19.9 Å². The molecule has 3 aromatic heterocycles. The standard InChI is InChI=1S/C20H23N5O3/c1-13-7-8-15(28-13)11-22-19(26)14-5-4-10-25(12-14)18-20(27)24(2)17-16(23-18)6-3-9-21-17/h3,6-9,14H,4-5,10-12H2,1-2H3,(H,22,26). The second kappa shape index (κ2) is 7.46. The van der Waals surface area contributed by atoms with Gasteiger partial charge in [0.05, 0.1) is 12.5 Å². The molecule has 1 aliphatic rings. The number of carbonyl (C=O) groups is 1. The molecule has 1 unspecified atom stereocenters. The van der Waals surface area contributed by atoms with Crippen molar-refractivity contribution in [1.29, 1.82) is 0 Å². The lowest BCUT2D eigenvalue weighted by atomic mass is 9.97. The van der Waals surface area contributed by atoms with Crippen molar-refractivity contribution in [2.75, 3.05) is 18.0 Å². The third-order valence-electron chi connectivity index (χ3n) is 5.13. The molecule has 146 valence electrons. The number of fused-ring (bicyclic) bond motifs is 1. The van der Waals surface area contributed by atoms with E-state index in [2.05, 4.69) is 15.3 Å². The zero-order chi connectivity index (χ0) is 19.7. The van der Waals surface area contributed by atoms with E-state index in [1.807, 2.05) is 30.0 Å². The van der Waals surface area contributed by atoms with Gasteiger partial charge in [-0.05, 0) is 44.0 Å². The zero-order valence-electron chi connectivity index (χ0n) is 16.0. The Labute approximate surface area is 162 Å². The van der Waals surface area contributed by atoms with Crippen LogP contribution < -0.4 is 15.8 Å². The molecule has 4 heterocycles. The van der Waals surface area contributed by atoms with Crippen LogP contribution in [-0.2, 0) is 18.4 Å². The highest BCUT2D eigenvalue weighted by Crippen LogP contribution is 2.21. The van der Waals surface area contributed by atoms with E-state index in [0.717, 1.165) is 24.4 Å². The summed E-state index contributed by atoms with van der Waals surface area (Å²) in [5, 5.41) is 2.94. The highest BCUT2D eigenvalue weighted by atomic mass is 16.3. The van der Waals surface area contributed by atoms with Crippen molar-refractivity contribution in [3.8, 4) is 0 Å². The van der Waals surface area contributed by atoms with Gasteiger partial charge in [-0.3, -0.25) is 14.2 Å². The van der Waals surface area contributed by atoms with Crippen LogP contribution in [0.2, 0.25) is 0 Å². The molecule has 1 N–H and O–H groups in total. The van der Waals surface area contributed by atoms with Crippen LogP contribution in [0.1, 0.15) is 24.4 Å². The van der Waals surface area contributed by atoms with Crippen molar-refractivity contribution >= 4 is 22.9 Å². The molecule has 4 rings (SSSR count). The van der Waals surface area contributed by atoms with Gasteiger partial charge in [-0.2, -0.15) is 0 Å². The second-order valence-electron chi connectivity index (χ2n) is 7.16. The molecule has 0 aromatic carbocycles. The molecule has 1 amide bonds. The maximum atomic E-state index is 12.8. The average molecular weight is 381 g/mol. The summed E-state index contributed by atoms with van der Waals surface area (Å²) in [6.45, 7) is 3.41. The predicted molar refractivity (Wildman–Crippen MR) is 105 cm³/mol. The molecule has 1 fully saturated rings. The van der Waals surface area contributed by atoms with Crippen molar-refractivity contribution < 1.29 is 9.21 Å². The van der Waals surface area contributed by atoms with Crippen LogP contribution >= 0.6 is 0 Å². The summed E-state index contributed by atoms with van der Waals surface area (Å²) >= 11 is 0. The number of hydrogen-bond acceptors (Lipinski definition) is 6. The Kier molecular flexibility index (Phi) is 4.85. The van der Waals surface area contributed by atoms with Gasteiger partial charge in [-0.25, -0.2) is 9.97 Å². The quantitative estimate of drug-likeness (QED) is 0.740. The fourth-order valence-electron chi connectivity index (χ4n) is 3.63. The third-order valence-corrected chi connectivity index (χ3v) is 5.13. The lowest BCUT2D eigenvalue weighted by Gasteiger charge is -2.32. The van der Waals surface area contributed by atoms with Crippen LogP contribution in [0.4, 0.5) is 5.82 Å². The van der Waals surface area contributed by atoms with Crippen LogP contribution in [0.3, 0.4) is 0 Å². The molecule has 0 spiro atoms. The predicted octanol–water partition coefficient (Wildman–Crippen LogP) is 1.76. The van der Waals surface area contributed by atoms with Crippen LogP contribution in [0, 0.1) is 12.8 Å². The van der Waals surface area contributed by atoms with Crippen molar-refractivity contribution in [3.63, 3.8) is 0 Å². The van der Waals surface area contributed by atoms with Crippen LogP contribution in [0.15, 0.2) is 39.7 Å². The summed E-state index contributed by atoms with van der Waals surface area (Å²) in [5.74, 6) is 1.71. The normalized spacial score (nSPS) is 17.1. The topological polar surface area (TPSA) is 93.3 Å².